The molecule has 9 heteroatoms. The van der Waals surface area contributed by atoms with E-state index in [1.807, 2.05) is 49.3 Å². The number of allylic oxidation sites excluding steroid dienone is 1. The van der Waals surface area contributed by atoms with Crippen LogP contribution in [-0.4, -0.2) is 27.5 Å². The number of carbonyl (C=O) groups is 2. The number of hydrogen-bond donors (Lipinski definition) is 1. The lowest BCUT2D eigenvalue weighted by atomic mass is 9.93. The highest BCUT2D eigenvalue weighted by molar-refractivity contribution is 8.16. The van der Waals surface area contributed by atoms with E-state index in [1.54, 1.807) is 25.1 Å². The van der Waals surface area contributed by atoms with E-state index < -0.39 is 17.6 Å². The van der Waals surface area contributed by atoms with Crippen LogP contribution in [0, 0.1) is 5.82 Å². The maximum Gasteiger partial charge on any atom is 0.338 e. The van der Waals surface area contributed by atoms with Crippen molar-refractivity contribution in [2.24, 2.45) is 4.99 Å². The lowest BCUT2D eigenvalue weighted by Crippen LogP contribution is -2.39. The average Bonchev–Trinajstić information content (AvgIpc) is 3.18. The van der Waals surface area contributed by atoms with E-state index in [0.29, 0.717) is 27.2 Å². The Morgan fingerprint density at radius 3 is 2.58 bits per heavy atom. The highest BCUT2D eigenvalue weighted by Crippen LogP contribution is 2.45. The molecule has 1 unspecified atom stereocenters. The first-order chi connectivity index (χ1) is 17.0. The van der Waals surface area contributed by atoms with Gasteiger partial charge >= 0.3 is 5.97 Å². The van der Waals surface area contributed by atoms with Crippen molar-refractivity contribution in [3.8, 4) is 0 Å². The van der Waals surface area contributed by atoms with Gasteiger partial charge in [-0.2, -0.15) is 0 Å². The van der Waals surface area contributed by atoms with Crippen LogP contribution in [0.5, 0.6) is 0 Å². The zero-order valence-corrected chi connectivity index (χ0v) is 22.0. The number of benzene rings is 2. The number of amides is 1. The van der Waals surface area contributed by atoms with E-state index in [9.17, 15) is 14.0 Å². The Kier molecular flexibility index (Phi) is 7.57. The summed E-state index contributed by atoms with van der Waals surface area (Å²) in [6, 6.07) is 12.7. The molecule has 0 aromatic heterocycles. The van der Waals surface area contributed by atoms with Gasteiger partial charge in [-0.25, -0.2) is 14.2 Å². The van der Waals surface area contributed by atoms with E-state index in [1.165, 1.54) is 23.9 Å². The third-order valence-electron chi connectivity index (χ3n) is 5.53. The normalized spacial score (nSPS) is 17.4. The summed E-state index contributed by atoms with van der Waals surface area (Å²) in [4.78, 5) is 32.8. The van der Waals surface area contributed by atoms with Crippen molar-refractivity contribution >= 4 is 40.4 Å². The molecule has 6 nitrogen and oxygen atoms in total. The van der Waals surface area contributed by atoms with Gasteiger partial charge in [-0.05, 0) is 68.5 Å². The van der Waals surface area contributed by atoms with Gasteiger partial charge in [0.15, 0.2) is 5.17 Å². The summed E-state index contributed by atoms with van der Waals surface area (Å²) in [6.07, 6.45) is 0.0743. The number of carbonyl (C=O) groups excluding carboxylic acids is 2. The second-order valence-electron chi connectivity index (χ2n) is 9.53. The van der Waals surface area contributed by atoms with Gasteiger partial charge in [0, 0.05) is 17.3 Å². The zero-order valence-electron chi connectivity index (χ0n) is 20.5. The molecule has 36 heavy (non-hydrogen) atoms. The Labute approximate surface area is 219 Å². The number of thioether (sulfide) groups is 1. The van der Waals surface area contributed by atoms with Gasteiger partial charge in [0.05, 0.1) is 23.7 Å². The molecule has 0 radical (unpaired) electrons. The predicted molar refractivity (Wildman–Crippen MR) is 141 cm³/mol. The third-order valence-corrected chi connectivity index (χ3v) is 6.65. The quantitative estimate of drug-likeness (QED) is 0.459. The predicted octanol–water partition coefficient (Wildman–Crippen LogP) is 6.10. The standard InChI is InChI=1S/C27H27ClFN3O3S/c1-16-23(25(34)35-27(2,3)4)24(18-6-5-7-19(28)12-18)32-21(15-36-26(32)31-16)13-22(33)30-14-17-8-10-20(29)11-9-17/h5-12,15,24H,13-14H2,1-4H3,(H,30,33). The molecule has 0 fully saturated rings. The monoisotopic (exact) mass is 527 g/mol. The summed E-state index contributed by atoms with van der Waals surface area (Å²) in [5.74, 6) is -1.00. The van der Waals surface area contributed by atoms with Gasteiger partial charge in [0.1, 0.15) is 11.4 Å². The summed E-state index contributed by atoms with van der Waals surface area (Å²) in [6.45, 7) is 7.51. The number of fused-ring (bicyclic) bond motifs is 1. The van der Waals surface area contributed by atoms with Crippen molar-refractivity contribution in [2.45, 2.75) is 52.3 Å². The van der Waals surface area contributed by atoms with Crippen LogP contribution in [0.2, 0.25) is 5.02 Å². The fourth-order valence-electron chi connectivity index (χ4n) is 3.99. The zero-order chi connectivity index (χ0) is 26.0. The summed E-state index contributed by atoms with van der Waals surface area (Å²) in [5, 5.41) is 5.96. The molecule has 2 heterocycles. The Morgan fingerprint density at radius 1 is 1.19 bits per heavy atom. The molecule has 4 rings (SSSR count). The molecule has 1 amide bonds. The van der Waals surface area contributed by atoms with Crippen molar-refractivity contribution in [3.63, 3.8) is 0 Å². The summed E-state index contributed by atoms with van der Waals surface area (Å²) in [7, 11) is 0. The first kappa shape index (κ1) is 26.0. The second kappa shape index (κ2) is 10.5. The molecule has 1 N–H and O–H groups in total. The fourth-order valence-corrected chi connectivity index (χ4v) is 5.15. The van der Waals surface area contributed by atoms with Crippen LogP contribution in [0.1, 0.15) is 51.3 Å². The molecule has 2 aromatic rings. The minimum Gasteiger partial charge on any atom is -0.456 e. The number of aliphatic imine (C=N–C) groups is 1. The molecule has 2 aromatic carbocycles. The van der Waals surface area contributed by atoms with Crippen molar-refractivity contribution in [2.75, 3.05) is 0 Å². The number of nitrogens with one attached hydrogen (secondary N) is 1. The number of rotatable bonds is 6. The molecule has 0 spiro atoms. The molecule has 0 saturated carbocycles. The van der Waals surface area contributed by atoms with Crippen LogP contribution in [0.25, 0.3) is 0 Å². The first-order valence-corrected chi connectivity index (χ1v) is 12.7. The van der Waals surface area contributed by atoms with Crippen molar-refractivity contribution < 1.29 is 18.7 Å². The lowest BCUT2D eigenvalue weighted by molar-refractivity contribution is -0.150. The van der Waals surface area contributed by atoms with Gasteiger partial charge in [0.2, 0.25) is 5.91 Å². The van der Waals surface area contributed by atoms with E-state index in [4.69, 9.17) is 16.3 Å². The summed E-state index contributed by atoms with van der Waals surface area (Å²) >= 11 is 7.72. The Balaban J connectivity index is 1.61. The molecule has 0 saturated heterocycles. The van der Waals surface area contributed by atoms with Gasteiger partial charge in [-0.3, -0.25) is 4.79 Å². The average molecular weight is 528 g/mol. The van der Waals surface area contributed by atoms with Crippen molar-refractivity contribution in [1.82, 2.24) is 10.2 Å². The number of amidine groups is 1. The van der Waals surface area contributed by atoms with E-state index in [-0.39, 0.29) is 24.7 Å². The molecular formula is C27H27ClFN3O3S. The van der Waals surface area contributed by atoms with Crippen LogP contribution in [0.4, 0.5) is 4.39 Å². The smallest absolute Gasteiger partial charge is 0.338 e. The van der Waals surface area contributed by atoms with Gasteiger partial charge < -0.3 is 15.0 Å². The Morgan fingerprint density at radius 2 is 1.92 bits per heavy atom. The largest absolute Gasteiger partial charge is 0.456 e. The molecule has 0 bridgehead atoms. The maximum absolute atomic E-state index is 13.4. The van der Waals surface area contributed by atoms with Crippen LogP contribution >= 0.6 is 23.4 Å². The number of halogens is 2. The maximum atomic E-state index is 13.4. The minimum atomic E-state index is -0.689. The lowest BCUT2D eigenvalue weighted by Gasteiger charge is -2.37. The van der Waals surface area contributed by atoms with Crippen molar-refractivity contribution in [1.29, 1.82) is 0 Å². The van der Waals surface area contributed by atoms with Gasteiger partial charge in [-0.1, -0.05) is 47.6 Å². The van der Waals surface area contributed by atoms with Crippen LogP contribution in [0.15, 0.2) is 75.9 Å². The van der Waals surface area contributed by atoms with Crippen LogP contribution in [-0.2, 0) is 20.9 Å². The number of nitrogens with zero attached hydrogens (tertiary/aromatic N) is 2. The highest BCUT2D eigenvalue weighted by atomic mass is 35.5. The molecule has 2 aliphatic rings. The fraction of sp³-hybridized carbons (Fsp3) is 0.296. The van der Waals surface area contributed by atoms with E-state index in [0.717, 1.165) is 11.1 Å². The minimum absolute atomic E-state index is 0.0743. The molecule has 0 aliphatic carbocycles. The summed E-state index contributed by atoms with van der Waals surface area (Å²) < 4.78 is 18.9. The SMILES string of the molecule is CC1=C(C(=O)OC(C)(C)C)C(c2cccc(Cl)c2)N2C(CC(=O)NCc3ccc(F)cc3)=CSC2=N1. The van der Waals surface area contributed by atoms with Gasteiger partial charge in [-0.15, -0.1) is 0 Å². The molecule has 188 valence electrons. The van der Waals surface area contributed by atoms with Crippen LogP contribution in [0.3, 0.4) is 0 Å². The van der Waals surface area contributed by atoms with E-state index in [2.05, 4.69) is 10.3 Å². The number of ether oxygens (including phenoxy) is 1. The van der Waals surface area contributed by atoms with E-state index >= 15 is 0 Å². The summed E-state index contributed by atoms with van der Waals surface area (Å²) in [5.41, 5.74) is 2.55. The van der Waals surface area contributed by atoms with Gasteiger partial charge in [0.25, 0.3) is 0 Å². The Hall–Kier alpha value is -3.10. The third kappa shape index (κ3) is 5.99. The molecule has 1 atom stereocenters. The molecular weight excluding hydrogens is 501 g/mol. The Bertz CT molecular complexity index is 1280. The van der Waals surface area contributed by atoms with Crippen molar-refractivity contribution in [3.05, 3.63) is 92.9 Å². The molecule has 2 aliphatic heterocycles. The number of hydrogen-bond acceptors (Lipinski definition) is 6. The second-order valence-corrected chi connectivity index (χ2v) is 10.8. The topological polar surface area (TPSA) is 71.0 Å². The first-order valence-electron chi connectivity index (χ1n) is 11.5. The highest BCUT2D eigenvalue weighted by Gasteiger charge is 2.41. The van der Waals surface area contributed by atoms with Crippen LogP contribution < -0.4 is 5.32 Å². The number of esters is 1.